The maximum Gasteiger partial charge on any atom is 0.274 e. The van der Waals surface area contributed by atoms with Gasteiger partial charge in [-0.2, -0.15) is 27.9 Å². The third-order valence-electron chi connectivity index (χ3n) is 3.17. The molecule has 2 aromatic rings. The van der Waals surface area contributed by atoms with Gasteiger partial charge in [-0.25, -0.2) is 0 Å². The van der Waals surface area contributed by atoms with Crippen molar-refractivity contribution in [1.29, 1.82) is 0 Å². The summed E-state index contributed by atoms with van der Waals surface area (Å²) in [6, 6.07) is 5.62. The molecular weight excluding hydrogens is 426 g/mol. The lowest BCUT2D eigenvalue weighted by Crippen LogP contribution is -2.30. The van der Waals surface area contributed by atoms with Crippen LogP contribution in [-0.4, -0.2) is 38.9 Å². The molecule has 2 aromatic heterocycles. The second kappa shape index (κ2) is 12.8. The number of nitro groups is 1. The Bertz CT molecular complexity index is 731. The van der Waals surface area contributed by atoms with Crippen LogP contribution in [0, 0.1) is 10.1 Å². The normalized spacial score (nSPS) is 11.4. The first kappa shape index (κ1) is 21.8. The zero-order chi connectivity index (χ0) is 19.3. The summed E-state index contributed by atoms with van der Waals surface area (Å²) in [5.41, 5.74) is 1.91. The minimum atomic E-state index is -0.460. The van der Waals surface area contributed by atoms with E-state index in [4.69, 9.17) is 11.6 Å². The molecule has 0 aromatic carbocycles. The van der Waals surface area contributed by atoms with Crippen LogP contribution in [0.25, 0.3) is 0 Å². The van der Waals surface area contributed by atoms with Crippen LogP contribution in [0.4, 0.5) is 0 Å². The van der Waals surface area contributed by atoms with Crippen LogP contribution < -0.4 is 10.6 Å². The lowest BCUT2D eigenvalue weighted by molar-refractivity contribution is -0.404. The average molecular weight is 446 g/mol. The van der Waals surface area contributed by atoms with Gasteiger partial charge in [0.2, 0.25) is 0 Å². The Morgan fingerprint density at radius 2 is 2.00 bits per heavy atom. The van der Waals surface area contributed by atoms with E-state index in [1.165, 1.54) is 11.5 Å². The fourth-order valence-electron chi connectivity index (χ4n) is 1.96. The molecule has 0 aliphatic rings. The molecule has 7 nitrogen and oxygen atoms in total. The molecule has 0 aliphatic carbocycles. The van der Waals surface area contributed by atoms with Crippen molar-refractivity contribution < 1.29 is 4.92 Å². The molecule has 11 heteroatoms. The molecule has 2 heterocycles. The van der Waals surface area contributed by atoms with Gasteiger partial charge in [-0.1, -0.05) is 11.6 Å². The first-order chi connectivity index (χ1) is 13.1. The molecule has 0 saturated carbocycles. The Morgan fingerprint density at radius 1 is 1.26 bits per heavy atom. The summed E-state index contributed by atoms with van der Waals surface area (Å²) in [7, 11) is 0. The van der Waals surface area contributed by atoms with Gasteiger partial charge in [0.25, 0.3) is 6.20 Å². The van der Waals surface area contributed by atoms with Gasteiger partial charge in [0.15, 0.2) is 5.82 Å². The second-order valence-electron chi connectivity index (χ2n) is 5.21. The Morgan fingerprint density at radius 3 is 2.63 bits per heavy atom. The summed E-state index contributed by atoms with van der Waals surface area (Å²) >= 11 is 10.9. The van der Waals surface area contributed by atoms with Gasteiger partial charge in [-0.3, -0.25) is 15.1 Å². The van der Waals surface area contributed by atoms with Gasteiger partial charge in [-0.15, -0.1) is 0 Å². The molecule has 0 unspecified atom stereocenters. The maximum absolute atomic E-state index is 10.8. The smallest absolute Gasteiger partial charge is 0.274 e. The van der Waals surface area contributed by atoms with Crippen molar-refractivity contribution in [3.8, 4) is 0 Å². The highest BCUT2D eigenvalue weighted by Crippen LogP contribution is 2.18. The van der Waals surface area contributed by atoms with Gasteiger partial charge in [0, 0.05) is 47.7 Å². The lowest BCUT2D eigenvalue weighted by atomic mass is 10.4. The van der Waals surface area contributed by atoms with E-state index in [2.05, 4.69) is 20.0 Å². The van der Waals surface area contributed by atoms with Crippen LogP contribution in [0.1, 0.15) is 11.4 Å². The molecule has 146 valence electrons. The van der Waals surface area contributed by atoms with Crippen LogP contribution in [0.2, 0.25) is 5.02 Å². The molecule has 0 aliphatic heterocycles. The molecule has 0 bridgehead atoms. The molecule has 0 radical (unpaired) electrons. The van der Waals surface area contributed by atoms with Gasteiger partial charge >= 0.3 is 0 Å². The van der Waals surface area contributed by atoms with Crippen molar-refractivity contribution in [3.63, 3.8) is 0 Å². The van der Waals surface area contributed by atoms with E-state index in [1.807, 2.05) is 17.5 Å². The van der Waals surface area contributed by atoms with E-state index in [-0.39, 0.29) is 0 Å². The zero-order valence-corrected chi connectivity index (χ0v) is 17.7. The zero-order valence-electron chi connectivity index (χ0n) is 14.5. The molecule has 0 atom stereocenters. The highest BCUT2D eigenvalue weighted by atomic mass is 35.5. The largest absolute Gasteiger partial charge is 0.366 e. The third-order valence-corrected chi connectivity index (χ3v) is 6.08. The highest BCUT2D eigenvalue weighted by molar-refractivity contribution is 7.98. The van der Waals surface area contributed by atoms with Crippen molar-refractivity contribution >= 4 is 46.7 Å². The number of nitrogens with one attached hydrogen (secondary N) is 2. The first-order valence-corrected chi connectivity index (χ1v) is 11.6. The van der Waals surface area contributed by atoms with Crippen molar-refractivity contribution in [3.05, 3.63) is 68.3 Å². The molecule has 0 amide bonds. The fraction of sp³-hybridized carbons (Fsp3) is 0.375. The Balaban J connectivity index is 1.62. The van der Waals surface area contributed by atoms with Gasteiger partial charge in [0.05, 0.1) is 21.3 Å². The van der Waals surface area contributed by atoms with E-state index < -0.39 is 4.92 Å². The topological polar surface area (TPSA) is 93.0 Å². The summed E-state index contributed by atoms with van der Waals surface area (Å²) in [6.45, 7) is 1.24. The highest BCUT2D eigenvalue weighted by Gasteiger charge is 2.04. The number of hydrogen-bond donors (Lipinski definition) is 2. The van der Waals surface area contributed by atoms with Crippen molar-refractivity contribution in [2.24, 2.45) is 0 Å². The van der Waals surface area contributed by atoms with Crippen LogP contribution in [0.5, 0.6) is 0 Å². The standard InChI is InChI=1S/C16H20ClN5O2S3/c17-14-2-1-4-18-15(14)12-26-9-6-20-16(10-22(23)24)19-5-8-25-11-13-3-7-27-21-13/h1-4,7,10,19-20H,5-6,8-9,11-12H2. The van der Waals surface area contributed by atoms with E-state index in [0.717, 1.165) is 34.8 Å². The van der Waals surface area contributed by atoms with Crippen LogP contribution in [0.15, 0.2) is 41.8 Å². The van der Waals surface area contributed by atoms with Crippen LogP contribution in [0.3, 0.4) is 0 Å². The van der Waals surface area contributed by atoms with Crippen molar-refractivity contribution in [2.45, 2.75) is 11.5 Å². The SMILES string of the molecule is O=[N+]([O-])C=C(NCCSCc1ccsn1)NCCSCc1ncccc1Cl. The summed E-state index contributed by atoms with van der Waals surface area (Å²) < 4.78 is 4.25. The minimum Gasteiger partial charge on any atom is -0.366 e. The van der Waals surface area contributed by atoms with E-state index >= 15 is 0 Å². The summed E-state index contributed by atoms with van der Waals surface area (Å²) in [5.74, 6) is 3.59. The molecule has 0 fully saturated rings. The number of thioether (sulfide) groups is 2. The van der Waals surface area contributed by atoms with Gasteiger partial charge in [-0.05, 0) is 29.7 Å². The lowest BCUT2D eigenvalue weighted by Gasteiger charge is -2.11. The summed E-state index contributed by atoms with van der Waals surface area (Å²) in [6.07, 6.45) is 2.68. The Labute approximate surface area is 175 Å². The van der Waals surface area contributed by atoms with E-state index in [9.17, 15) is 10.1 Å². The summed E-state index contributed by atoms with van der Waals surface area (Å²) in [4.78, 5) is 14.5. The number of pyridine rings is 1. The number of rotatable bonds is 13. The predicted molar refractivity (Wildman–Crippen MR) is 115 cm³/mol. The Hall–Kier alpha value is -1.49. The predicted octanol–water partition coefficient (Wildman–Crippen LogP) is 3.61. The molecular formula is C16H20ClN5O2S3. The monoisotopic (exact) mass is 445 g/mol. The fourth-order valence-corrected chi connectivity index (χ4v) is 4.42. The molecule has 27 heavy (non-hydrogen) atoms. The maximum atomic E-state index is 10.8. The first-order valence-electron chi connectivity index (χ1n) is 8.12. The van der Waals surface area contributed by atoms with E-state index in [0.29, 0.717) is 29.7 Å². The minimum absolute atomic E-state index is 0.422. The van der Waals surface area contributed by atoms with Gasteiger partial charge < -0.3 is 10.6 Å². The van der Waals surface area contributed by atoms with E-state index in [1.54, 1.807) is 35.8 Å². The number of halogens is 1. The molecule has 2 rings (SSSR count). The second-order valence-corrected chi connectivity index (χ2v) is 8.49. The Kier molecular flexibility index (Phi) is 10.4. The molecule has 0 saturated heterocycles. The average Bonchev–Trinajstić information content (AvgIpc) is 3.15. The number of aromatic nitrogens is 2. The number of hydrogen-bond acceptors (Lipinski definition) is 9. The summed E-state index contributed by atoms with van der Waals surface area (Å²) in [5, 5.41) is 19.5. The quantitative estimate of drug-likeness (QED) is 0.274. The van der Waals surface area contributed by atoms with Crippen molar-refractivity contribution in [1.82, 2.24) is 20.0 Å². The molecule has 2 N–H and O–H groups in total. The number of nitrogens with zero attached hydrogens (tertiary/aromatic N) is 3. The third kappa shape index (κ3) is 9.32. The molecule has 0 spiro atoms. The van der Waals surface area contributed by atoms with Crippen LogP contribution >= 0.6 is 46.7 Å². The van der Waals surface area contributed by atoms with Crippen LogP contribution in [-0.2, 0) is 11.5 Å². The van der Waals surface area contributed by atoms with Crippen molar-refractivity contribution in [2.75, 3.05) is 24.6 Å². The van der Waals surface area contributed by atoms with Gasteiger partial charge in [0.1, 0.15) is 0 Å².